The Labute approximate surface area is 188 Å². The third kappa shape index (κ3) is 9.86. The molecule has 1 N–H and O–H groups in total. The van der Waals surface area contributed by atoms with Crippen LogP contribution in [0.4, 0.5) is 0 Å². The van der Waals surface area contributed by atoms with Gasteiger partial charge in [-0.2, -0.15) is 0 Å². The summed E-state index contributed by atoms with van der Waals surface area (Å²) in [6.07, 6.45) is 2.49. The predicted octanol–water partition coefficient (Wildman–Crippen LogP) is 5.47. The molecule has 0 fully saturated rings. The maximum atomic E-state index is 12.1. The van der Waals surface area contributed by atoms with Gasteiger partial charge < -0.3 is 14.6 Å². The van der Waals surface area contributed by atoms with Crippen molar-refractivity contribution < 1.29 is 24.2 Å². The topological polar surface area (TPSA) is 72.8 Å². The minimum absolute atomic E-state index is 0.0777. The smallest absolute Gasteiger partial charge is 0.319 e. The van der Waals surface area contributed by atoms with Crippen LogP contribution in [-0.4, -0.2) is 36.2 Å². The van der Waals surface area contributed by atoms with E-state index in [0.29, 0.717) is 19.4 Å². The highest BCUT2D eigenvalue weighted by Crippen LogP contribution is 2.36. The van der Waals surface area contributed by atoms with Crippen molar-refractivity contribution in [2.75, 3.05) is 13.2 Å². The number of benzene rings is 1. The third-order valence-corrected chi connectivity index (χ3v) is 5.34. The molecule has 1 rings (SSSR count). The van der Waals surface area contributed by atoms with E-state index >= 15 is 0 Å². The van der Waals surface area contributed by atoms with Gasteiger partial charge in [-0.05, 0) is 61.1 Å². The van der Waals surface area contributed by atoms with E-state index in [2.05, 4.69) is 46.8 Å². The molecule has 0 amide bonds. The SMILES string of the molecule is CCCCOC(=O)C(C(C)=O)C(O)CCCOc1ccc(C(C)(C)CC(C)(C)C)cc1. The lowest BCUT2D eigenvalue weighted by Gasteiger charge is -2.33. The zero-order valence-electron chi connectivity index (χ0n) is 20.5. The number of esters is 1. The summed E-state index contributed by atoms with van der Waals surface area (Å²) in [5, 5.41) is 10.3. The number of ether oxygens (including phenoxy) is 2. The lowest BCUT2D eigenvalue weighted by Crippen LogP contribution is -2.35. The number of hydrogen-bond acceptors (Lipinski definition) is 5. The normalized spacial score (nSPS) is 14.1. The first-order valence-electron chi connectivity index (χ1n) is 11.5. The maximum absolute atomic E-state index is 12.1. The van der Waals surface area contributed by atoms with Crippen LogP contribution < -0.4 is 4.74 Å². The van der Waals surface area contributed by atoms with Gasteiger partial charge >= 0.3 is 5.97 Å². The molecule has 5 nitrogen and oxygen atoms in total. The van der Waals surface area contributed by atoms with Crippen LogP contribution in [-0.2, 0) is 19.7 Å². The number of carbonyl (C=O) groups excluding carboxylic acids is 2. The van der Waals surface area contributed by atoms with Gasteiger partial charge in [-0.1, -0.05) is 60.1 Å². The van der Waals surface area contributed by atoms with Crippen LogP contribution >= 0.6 is 0 Å². The quantitative estimate of drug-likeness (QED) is 0.253. The van der Waals surface area contributed by atoms with Crippen molar-refractivity contribution in [1.82, 2.24) is 0 Å². The molecule has 2 unspecified atom stereocenters. The molecular formula is C26H42O5. The highest BCUT2D eigenvalue weighted by atomic mass is 16.5. The average molecular weight is 435 g/mol. The van der Waals surface area contributed by atoms with Crippen molar-refractivity contribution in [3.63, 3.8) is 0 Å². The summed E-state index contributed by atoms with van der Waals surface area (Å²) in [6, 6.07) is 8.15. The van der Waals surface area contributed by atoms with Crippen LogP contribution in [0.5, 0.6) is 5.75 Å². The average Bonchev–Trinajstić information content (AvgIpc) is 2.64. The number of ketones is 1. The fourth-order valence-electron chi connectivity index (χ4n) is 4.08. The molecule has 176 valence electrons. The van der Waals surface area contributed by atoms with Crippen molar-refractivity contribution in [3.8, 4) is 5.75 Å². The Balaban J connectivity index is 2.52. The molecule has 0 aliphatic heterocycles. The number of Topliss-reactive ketones (excluding diaryl/α,β-unsaturated/α-hetero) is 1. The molecule has 0 saturated carbocycles. The number of rotatable bonds is 13. The predicted molar refractivity (Wildman–Crippen MR) is 124 cm³/mol. The highest BCUT2D eigenvalue weighted by molar-refractivity contribution is 5.98. The van der Waals surface area contributed by atoms with Gasteiger partial charge in [0.1, 0.15) is 17.5 Å². The number of carbonyl (C=O) groups is 2. The molecule has 2 atom stereocenters. The van der Waals surface area contributed by atoms with Crippen molar-refractivity contribution in [2.45, 2.75) is 92.1 Å². The molecule has 0 aliphatic rings. The van der Waals surface area contributed by atoms with Crippen LogP contribution in [0.3, 0.4) is 0 Å². The second kappa shape index (κ2) is 12.2. The van der Waals surface area contributed by atoms with Gasteiger partial charge in [0.15, 0.2) is 0 Å². The standard InChI is InChI=1S/C26H42O5/c1-8-9-16-31-24(29)23(19(2)27)22(28)11-10-17-30-21-14-12-20(13-15-21)26(6,7)18-25(3,4)5/h12-15,22-23,28H,8-11,16-18H2,1-7H3. The molecule has 1 aromatic carbocycles. The monoisotopic (exact) mass is 434 g/mol. The Morgan fingerprint density at radius 1 is 1.00 bits per heavy atom. The molecule has 0 radical (unpaired) electrons. The van der Waals surface area contributed by atoms with Crippen LogP contribution in [0.25, 0.3) is 0 Å². The van der Waals surface area contributed by atoms with Crippen molar-refractivity contribution >= 4 is 11.8 Å². The van der Waals surface area contributed by atoms with E-state index in [1.807, 2.05) is 19.1 Å². The van der Waals surface area contributed by atoms with Gasteiger partial charge in [0.2, 0.25) is 0 Å². The lowest BCUT2D eigenvalue weighted by atomic mass is 9.72. The Morgan fingerprint density at radius 3 is 2.13 bits per heavy atom. The Hall–Kier alpha value is -1.88. The molecule has 5 heteroatoms. The summed E-state index contributed by atoms with van der Waals surface area (Å²) in [6.45, 7) is 15.3. The maximum Gasteiger partial charge on any atom is 0.319 e. The summed E-state index contributed by atoms with van der Waals surface area (Å²) in [5.41, 5.74) is 1.60. The first-order valence-corrected chi connectivity index (χ1v) is 11.5. The second-order valence-electron chi connectivity index (χ2n) is 10.3. The number of unbranched alkanes of at least 4 members (excludes halogenated alkanes) is 1. The largest absolute Gasteiger partial charge is 0.494 e. The summed E-state index contributed by atoms with van der Waals surface area (Å²) in [7, 11) is 0. The Bertz CT molecular complexity index is 685. The van der Waals surface area contributed by atoms with E-state index in [-0.39, 0.29) is 23.2 Å². The molecule has 0 bridgehead atoms. The number of aliphatic hydroxyl groups is 1. The molecule has 0 spiro atoms. The molecule has 31 heavy (non-hydrogen) atoms. The van der Waals surface area contributed by atoms with Crippen LogP contribution in [0, 0.1) is 11.3 Å². The van der Waals surface area contributed by atoms with E-state index in [1.165, 1.54) is 12.5 Å². The van der Waals surface area contributed by atoms with E-state index in [4.69, 9.17) is 9.47 Å². The van der Waals surface area contributed by atoms with Gasteiger partial charge in [-0.3, -0.25) is 9.59 Å². The summed E-state index contributed by atoms with van der Waals surface area (Å²) in [4.78, 5) is 23.9. The van der Waals surface area contributed by atoms with E-state index < -0.39 is 18.0 Å². The van der Waals surface area contributed by atoms with Crippen LogP contribution in [0.1, 0.15) is 86.1 Å². The molecular weight excluding hydrogens is 392 g/mol. The Morgan fingerprint density at radius 2 is 1.61 bits per heavy atom. The van der Waals surface area contributed by atoms with E-state index in [0.717, 1.165) is 25.0 Å². The molecule has 0 aliphatic carbocycles. The zero-order valence-corrected chi connectivity index (χ0v) is 20.5. The molecule has 0 aromatic heterocycles. The van der Waals surface area contributed by atoms with Crippen molar-refractivity contribution in [2.24, 2.45) is 11.3 Å². The summed E-state index contributed by atoms with van der Waals surface area (Å²) >= 11 is 0. The first-order chi connectivity index (χ1) is 14.4. The minimum atomic E-state index is -1.12. The summed E-state index contributed by atoms with van der Waals surface area (Å²) in [5.74, 6) is -1.36. The zero-order chi connectivity index (χ0) is 23.7. The van der Waals surface area contributed by atoms with Crippen LogP contribution in [0.2, 0.25) is 0 Å². The molecule has 0 heterocycles. The molecule has 1 aromatic rings. The van der Waals surface area contributed by atoms with Gasteiger partial charge in [0.25, 0.3) is 0 Å². The minimum Gasteiger partial charge on any atom is -0.494 e. The lowest BCUT2D eigenvalue weighted by molar-refractivity contribution is -0.156. The fourth-order valence-corrected chi connectivity index (χ4v) is 4.08. The van der Waals surface area contributed by atoms with Crippen molar-refractivity contribution in [1.29, 1.82) is 0 Å². The van der Waals surface area contributed by atoms with Crippen molar-refractivity contribution in [3.05, 3.63) is 29.8 Å². The molecule has 0 saturated heterocycles. The number of aliphatic hydroxyl groups excluding tert-OH is 1. The van der Waals surface area contributed by atoms with Gasteiger partial charge in [-0.25, -0.2) is 0 Å². The number of hydrogen-bond donors (Lipinski definition) is 1. The van der Waals surface area contributed by atoms with Crippen LogP contribution in [0.15, 0.2) is 24.3 Å². The van der Waals surface area contributed by atoms with Gasteiger partial charge in [-0.15, -0.1) is 0 Å². The first kappa shape index (κ1) is 27.2. The fraction of sp³-hybridized carbons (Fsp3) is 0.692. The van der Waals surface area contributed by atoms with Gasteiger partial charge in [0, 0.05) is 0 Å². The summed E-state index contributed by atoms with van der Waals surface area (Å²) < 4.78 is 10.9. The van der Waals surface area contributed by atoms with E-state index in [1.54, 1.807) is 0 Å². The van der Waals surface area contributed by atoms with Gasteiger partial charge in [0.05, 0.1) is 19.3 Å². The highest BCUT2D eigenvalue weighted by Gasteiger charge is 2.32. The van der Waals surface area contributed by atoms with E-state index in [9.17, 15) is 14.7 Å². The Kier molecular flexibility index (Phi) is 10.7. The second-order valence-corrected chi connectivity index (χ2v) is 10.3. The third-order valence-electron chi connectivity index (χ3n) is 5.34.